The van der Waals surface area contributed by atoms with E-state index in [2.05, 4.69) is 9.46 Å². The maximum Gasteiger partial charge on any atom is 0.305 e. The Kier molecular flexibility index (Phi) is 6.06. The van der Waals surface area contributed by atoms with Crippen molar-refractivity contribution in [3.63, 3.8) is 0 Å². The largest absolute Gasteiger partial charge is 0.469 e. The lowest BCUT2D eigenvalue weighted by atomic mass is 10.3. The van der Waals surface area contributed by atoms with Crippen molar-refractivity contribution in [3.05, 3.63) is 28.2 Å². The average Bonchev–Trinajstić information content (AvgIpc) is 2.37. The number of carbonyl (C=O) groups excluding carboxylic acids is 1. The van der Waals surface area contributed by atoms with E-state index in [-0.39, 0.29) is 33.9 Å². The van der Waals surface area contributed by atoms with Crippen molar-refractivity contribution in [3.8, 4) is 0 Å². The van der Waals surface area contributed by atoms with Gasteiger partial charge in [0.1, 0.15) is 4.90 Å². The van der Waals surface area contributed by atoms with E-state index in [9.17, 15) is 13.2 Å². The van der Waals surface area contributed by atoms with Crippen LogP contribution in [0.15, 0.2) is 23.1 Å². The molecule has 0 bridgehead atoms. The highest BCUT2D eigenvalue weighted by atomic mass is 35.5. The zero-order valence-corrected chi connectivity index (χ0v) is 12.5. The summed E-state index contributed by atoms with van der Waals surface area (Å²) in [5.41, 5.74) is 0. The van der Waals surface area contributed by atoms with E-state index in [1.807, 2.05) is 0 Å². The summed E-state index contributed by atoms with van der Waals surface area (Å²) >= 11 is 11.6. The molecule has 0 atom stereocenters. The van der Waals surface area contributed by atoms with Crippen molar-refractivity contribution in [2.45, 2.75) is 17.7 Å². The molecular weight excluding hydrogens is 313 g/mol. The highest BCUT2D eigenvalue weighted by Crippen LogP contribution is 2.28. The molecule has 106 valence electrons. The lowest BCUT2D eigenvalue weighted by Crippen LogP contribution is -2.25. The maximum atomic E-state index is 11.9. The molecule has 0 radical (unpaired) electrons. The highest BCUT2D eigenvalue weighted by Gasteiger charge is 2.18. The van der Waals surface area contributed by atoms with Crippen LogP contribution >= 0.6 is 23.2 Å². The second-order valence-electron chi connectivity index (χ2n) is 3.63. The molecule has 0 spiro atoms. The van der Waals surface area contributed by atoms with E-state index in [1.54, 1.807) is 0 Å². The van der Waals surface area contributed by atoms with Crippen LogP contribution in [0.2, 0.25) is 10.0 Å². The van der Waals surface area contributed by atoms with E-state index in [4.69, 9.17) is 23.2 Å². The van der Waals surface area contributed by atoms with Crippen LogP contribution in [0.3, 0.4) is 0 Å². The molecule has 5 nitrogen and oxygen atoms in total. The van der Waals surface area contributed by atoms with Crippen LogP contribution in [0.25, 0.3) is 0 Å². The van der Waals surface area contributed by atoms with Crippen molar-refractivity contribution < 1.29 is 17.9 Å². The quantitative estimate of drug-likeness (QED) is 0.643. The summed E-state index contributed by atoms with van der Waals surface area (Å²) in [6, 6.07) is 4.36. The Labute approximate surface area is 121 Å². The Morgan fingerprint density at radius 2 is 2.05 bits per heavy atom. The third-order valence-electron chi connectivity index (χ3n) is 2.28. The van der Waals surface area contributed by atoms with Gasteiger partial charge in [-0.05, 0) is 18.6 Å². The molecule has 1 aromatic rings. The molecule has 1 aromatic carbocycles. The first-order valence-corrected chi connectivity index (χ1v) is 7.63. The van der Waals surface area contributed by atoms with Gasteiger partial charge in [-0.25, -0.2) is 13.1 Å². The van der Waals surface area contributed by atoms with Gasteiger partial charge in [-0.1, -0.05) is 29.3 Å². The normalized spacial score (nSPS) is 11.3. The number of methoxy groups -OCH3 is 1. The fourth-order valence-corrected chi connectivity index (χ4v) is 3.14. The molecule has 19 heavy (non-hydrogen) atoms. The van der Waals surface area contributed by atoms with Crippen molar-refractivity contribution >= 4 is 39.2 Å². The first-order chi connectivity index (χ1) is 8.88. The smallest absolute Gasteiger partial charge is 0.305 e. The van der Waals surface area contributed by atoms with E-state index in [0.29, 0.717) is 6.42 Å². The van der Waals surface area contributed by atoms with Crippen LogP contribution in [0.1, 0.15) is 12.8 Å². The van der Waals surface area contributed by atoms with E-state index in [0.717, 1.165) is 0 Å². The predicted molar refractivity (Wildman–Crippen MR) is 72.9 cm³/mol. The van der Waals surface area contributed by atoms with Gasteiger partial charge in [0.25, 0.3) is 0 Å². The molecule has 0 fully saturated rings. The standard InChI is InChI=1S/C11H13Cl2NO4S/c1-18-10(15)6-3-7-14-19(16,17)9-5-2-4-8(12)11(9)13/h2,4-5,14H,3,6-7H2,1H3. The Morgan fingerprint density at radius 3 is 2.68 bits per heavy atom. The predicted octanol–water partition coefficient (Wildman–Crippen LogP) is 2.22. The van der Waals surface area contributed by atoms with Gasteiger partial charge in [0, 0.05) is 13.0 Å². The first-order valence-electron chi connectivity index (χ1n) is 5.39. The van der Waals surface area contributed by atoms with Crippen LogP contribution in [-0.2, 0) is 19.6 Å². The van der Waals surface area contributed by atoms with Gasteiger partial charge in [0.05, 0.1) is 17.2 Å². The van der Waals surface area contributed by atoms with Crippen LogP contribution < -0.4 is 4.72 Å². The van der Waals surface area contributed by atoms with Gasteiger partial charge in [-0.3, -0.25) is 4.79 Å². The van der Waals surface area contributed by atoms with Gasteiger partial charge in [-0.2, -0.15) is 0 Å². The summed E-state index contributed by atoms with van der Waals surface area (Å²) in [5, 5.41) is 0.142. The molecule has 0 saturated carbocycles. The Bertz CT molecular complexity index is 560. The SMILES string of the molecule is COC(=O)CCCNS(=O)(=O)c1cccc(Cl)c1Cl. The molecule has 0 aliphatic rings. The fraction of sp³-hybridized carbons (Fsp3) is 0.364. The number of rotatable bonds is 6. The van der Waals surface area contributed by atoms with E-state index in [1.165, 1.54) is 25.3 Å². The van der Waals surface area contributed by atoms with Gasteiger partial charge in [0.2, 0.25) is 10.0 Å². The minimum absolute atomic E-state index is 0.0235. The van der Waals surface area contributed by atoms with Crippen LogP contribution in [-0.4, -0.2) is 28.0 Å². The lowest BCUT2D eigenvalue weighted by Gasteiger charge is -2.08. The maximum absolute atomic E-state index is 11.9. The molecule has 0 amide bonds. The number of hydrogen-bond donors (Lipinski definition) is 1. The number of sulfonamides is 1. The van der Waals surface area contributed by atoms with Gasteiger partial charge < -0.3 is 4.74 Å². The Morgan fingerprint density at radius 1 is 1.37 bits per heavy atom. The molecular formula is C11H13Cl2NO4S. The molecule has 0 heterocycles. The van der Waals surface area contributed by atoms with Crippen LogP contribution in [0.4, 0.5) is 0 Å². The average molecular weight is 326 g/mol. The van der Waals surface area contributed by atoms with Crippen molar-refractivity contribution in [2.75, 3.05) is 13.7 Å². The van der Waals surface area contributed by atoms with Crippen LogP contribution in [0, 0.1) is 0 Å². The molecule has 8 heteroatoms. The molecule has 0 saturated heterocycles. The number of benzene rings is 1. The number of carbonyl (C=O) groups is 1. The van der Waals surface area contributed by atoms with Gasteiger partial charge in [-0.15, -0.1) is 0 Å². The minimum atomic E-state index is -3.74. The molecule has 0 aliphatic heterocycles. The van der Waals surface area contributed by atoms with Crippen LogP contribution in [0.5, 0.6) is 0 Å². The van der Waals surface area contributed by atoms with Gasteiger partial charge >= 0.3 is 5.97 Å². The second kappa shape index (κ2) is 7.09. The first kappa shape index (κ1) is 16.2. The van der Waals surface area contributed by atoms with Crippen molar-refractivity contribution in [1.82, 2.24) is 4.72 Å². The zero-order chi connectivity index (χ0) is 14.5. The van der Waals surface area contributed by atoms with E-state index >= 15 is 0 Å². The van der Waals surface area contributed by atoms with Gasteiger partial charge in [0.15, 0.2) is 0 Å². The Hall–Kier alpha value is -0.820. The highest BCUT2D eigenvalue weighted by molar-refractivity contribution is 7.89. The number of hydrogen-bond acceptors (Lipinski definition) is 4. The molecule has 0 aliphatic carbocycles. The summed E-state index contributed by atoms with van der Waals surface area (Å²) < 4.78 is 30.7. The number of esters is 1. The third-order valence-corrected chi connectivity index (χ3v) is 4.72. The molecule has 0 aromatic heterocycles. The summed E-state index contributed by atoms with van der Waals surface area (Å²) in [4.78, 5) is 10.8. The monoisotopic (exact) mass is 325 g/mol. The minimum Gasteiger partial charge on any atom is -0.469 e. The topological polar surface area (TPSA) is 72.5 Å². The van der Waals surface area contributed by atoms with Crippen molar-refractivity contribution in [2.24, 2.45) is 0 Å². The summed E-state index contributed by atoms with van der Waals surface area (Å²) in [6.07, 6.45) is 0.479. The second-order valence-corrected chi connectivity index (χ2v) is 6.15. The number of ether oxygens (including phenoxy) is 1. The van der Waals surface area contributed by atoms with E-state index < -0.39 is 10.0 Å². The number of nitrogens with one attached hydrogen (secondary N) is 1. The summed E-state index contributed by atoms with van der Waals surface area (Å²) in [6.45, 7) is 0.111. The summed E-state index contributed by atoms with van der Waals surface area (Å²) in [5.74, 6) is -0.389. The lowest BCUT2D eigenvalue weighted by molar-refractivity contribution is -0.140. The summed E-state index contributed by atoms with van der Waals surface area (Å²) in [7, 11) is -2.46. The molecule has 1 N–H and O–H groups in total. The molecule has 1 rings (SSSR count). The third kappa shape index (κ3) is 4.65. The Balaban J connectivity index is 2.66. The zero-order valence-electron chi connectivity index (χ0n) is 10.2. The van der Waals surface area contributed by atoms with Crippen molar-refractivity contribution in [1.29, 1.82) is 0 Å². The fourth-order valence-electron chi connectivity index (χ4n) is 1.31. The number of halogens is 2. The molecule has 0 unspecified atom stereocenters.